The van der Waals surface area contributed by atoms with Gasteiger partial charge in [-0.25, -0.2) is 0 Å². The van der Waals surface area contributed by atoms with E-state index in [0.717, 1.165) is 0 Å². The number of amides is 11. The van der Waals surface area contributed by atoms with Crippen molar-refractivity contribution in [2.75, 3.05) is 45.8 Å². The Morgan fingerprint density at radius 1 is 0.500 bits per heavy atom. The number of phenols is 1. The Balaban J connectivity index is 2.01. The normalized spacial score (nSPS) is 15.3. The summed E-state index contributed by atoms with van der Waals surface area (Å²) in [5, 5.41) is 34.0. The molecule has 37 nitrogen and oxygen atoms in total. The molecule has 1 fully saturated rings. The fourth-order valence-electron chi connectivity index (χ4n) is 11.2. The van der Waals surface area contributed by atoms with E-state index in [9.17, 15) is 57.8 Å². The summed E-state index contributed by atoms with van der Waals surface area (Å²) in [6.07, 6.45) is 2.35. The van der Waals surface area contributed by atoms with E-state index in [1.54, 1.807) is 70.2 Å². The molecule has 1 saturated heterocycles. The number of guanidine groups is 4. The molecule has 0 bridgehead atoms. The highest BCUT2D eigenvalue weighted by molar-refractivity contribution is 5.99. The Bertz CT molecular complexity index is 3230. The molecular formula is C67H113N25O12. The summed E-state index contributed by atoms with van der Waals surface area (Å²) in [7, 11) is 0. The van der Waals surface area contributed by atoms with Gasteiger partial charge in [0, 0.05) is 39.1 Å². The molecule has 2 aromatic rings. The molecule has 0 unspecified atom stereocenters. The quantitative estimate of drug-likeness (QED) is 0.0167. The van der Waals surface area contributed by atoms with Gasteiger partial charge in [0.25, 0.3) is 0 Å². The van der Waals surface area contributed by atoms with E-state index in [4.69, 9.17) is 63.1 Å². The van der Waals surface area contributed by atoms with Crippen molar-refractivity contribution in [3.63, 3.8) is 0 Å². The minimum absolute atomic E-state index is 0.0105. The fourth-order valence-corrected chi connectivity index (χ4v) is 11.2. The van der Waals surface area contributed by atoms with E-state index >= 15 is 0 Å². The van der Waals surface area contributed by atoms with Crippen LogP contribution in [0, 0.1) is 11.8 Å². The fraction of sp³-hybridized carbons (Fsp3) is 0.597. The van der Waals surface area contributed by atoms with Crippen LogP contribution in [0.5, 0.6) is 5.75 Å². The van der Waals surface area contributed by atoms with Crippen LogP contribution in [0.15, 0.2) is 74.6 Å². The lowest BCUT2D eigenvalue weighted by molar-refractivity contribution is -0.142. The first-order chi connectivity index (χ1) is 49.3. The van der Waals surface area contributed by atoms with Crippen LogP contribution in [0.4, 0.5) is 0 Å². The Labute approximate surface area is 606 Å². The van der Waals surface area contributed by atoms with E-state index in [-0.39, 0.29) is 152 Å². The number of nitrogens with zero attached hydrogens (tertiary/aromatic N) is 5. The second-order valence-corrected chi connectivity index (χ2v) is 26.0. The number of nitrogens with one attached hydrogen (secondary N) is 9. The maximum absolute atomic E-state index is 14.9. The van der Waals surface area contributed by atoms with Crippen LogP contribution in [-0.4, -0.2) is 205 Å². The van der Waals surface area contributed by atoms with E-state index in [2.05, 4.69) is 67.8 Å². The topological polar surface area (TPSA) is 655 Å². The monoisotopic (exact) mass is 1460 g/mol. The number of aliphatic imine (C=N–C) groups is 4. The van der Waals surface area contributed by atoms with Crippen LogP contribution in [-0.2, 0) is 65.6 Å². The molecule has 578 valence electrons. The molecule has 2 aromatic carbocycles. The van der Waals surface area contributed by atoms with Gasteiger partial charge in [0.1, 0.15) is 60.1 Å². The highest BCUT2D eigenvalue weighted by atomic mass is 16.3. The summed E-state index contributed by atoms with van der Waals surface area (Å²) >= 11 is 0. The van der Waals surface area contributed by atoms with Crippen LogP contribution in [0.3, 0.4) is 0 Å². The van der Waals surface area contributed by atoms with Crippen molar-refractivity contribution in [2.24, 2.45) is 94.9 Å². The number of hydrogen-bond donors (Lipinski definition) is 21. The van der Waals surface area contributed by atoms with Crippen molar-refractivity contribution in [3.8, 4) is 5.75 Å². The molecule has 1 heterocycles. The zero-order valence-electron chi connectivity index (χ0n) is 60.1. The largest absolute Gasteiger partial charge is 0.508 e. The van der Waals surface area contributed by atoms with Gasteiger partial charge in [0.15, 0.2) is 23.8 Å². The highest BCUT2D eigenvalue weighted by Crippen LogP contribution is 2.22. The second-order valence-electron chi connectivity index (χ2n) is 26.0. The zero-order valence-corrected chi connectivity index (χ0v) is 60.1. The summed E-state index contributed by atoms with van der Waals surface area (Å²) < 4.78 is 0. The molecule has 0 spiro atoms. The maximum atomic E-state index is 14.9. The third-order valence-corrected chi connectivity index (χ3v) is 17.0. The molecule has 1 aliphatic rings. The first-order valence-corrected chi connectivity index (χ1v) is 35.1. The van der Waals surface area contributed by atoms with Crippen molar-refractivity contribution in [1.29, 1.82) is 0 Å². The van der Waals surface area contributed by atoms with Gasteiger partial charge in [0.05, 0.1) is 12.6 Å². The summed E-state index contributed by atoms with van der Waals surface area (Å²) in [5.74, 6) is -10.4. The number of aromatic hydroxyl groups is 1. The van der Waals surface area contributed by atoms with Crippen LogP contribution in [0.1, 0.15) is 135 Å². The predicted molar refractivity (Wildman–Crippen MR) is 394 cm³/mol. The molecule has 0 radical (unpaired) electrons. The third-order valence-electron chi connectivity index (χ3n) is 17.0. The lowest BCUT2D eigenvalue weighted by atomic mass is 9.96. The van der Waals surface area contributed by atoms with Gasteiger partial charge in [-0.3, -0.25) is 72.7 Å². The molecule has 32 N–H and O–H groups in total. The van der Waals surface area contributed by atoms with Crippen molar-refractivity contribution in [2.45, 2.75) is 197 Å². The number of primary amides is 1. The lowest BCUT2D eigenvalue weighted by Gasteiger charge is -2.32. The average molecular weight is 1460 g/mol. The number of carbonyl (C=O) groups is 11. The van der Waals surface area contributed by atoms with Gasteiger partial charge in [-0.2, -0.15) is 0 Å². The van der Waals surface area contributed by atoms with Crippen LogP contribution in [0.25, 0.3) is 0 Å². The number of unbranched alkanes of at least 4 members (excludes halogenated alkanes) is 1. The van der Waals surface area contributed by atoms with Crippen molar-refractivity contribution >= 4 is 88.8 Å². The molecule has 3 rings (SSSR count). The molecule has 0 aliphatic carbocycles. The van der Waals surface area contributed by atoms with E-state index in [0.29, 0.717) is 43.4 Å². The Morgan fingerprint density at radius 3 is 1.43 bits per heavy atom. The van der Waals surface area contributed by atoms with Gasteiger partial charge < -0.3 is 121 Å². The number of rotatable bonds is 48. The summed E-state index contributed by atoms with van der Waals surface area (Å²) in [6.45, 7) is 6.98. The van der Waals surface area contributed by atoms with Crippen molar-refractivity contribution in [3.05, 3.63) is 65.7 Å². The highest BCUT2D eigenvalue weighted by Gasteiger charge is 2.41. The lowest BCUT2D eigenvalue weighted by Crippen LogP contribution is -2.61. The van der Waals surface area contributed by atoms with Crippen LogP contribution in [0.2, 0.25) is 0 Å². The summed E-state index contributed by atoms with van der Waals surface area (Å²) in [4.78, 5) is 173. The van der Waals surface area contributed by atoms with E-state index in [1.807, 2.05) is 0 Å². The number of nitrogens with two attached hydrogens (primary N) is 11. The Kier molecular flexibility index (Phi) is 39.5. The molecular weight excluding hydrogens is 1350 g/mol. The smallest absolute Gasteiger partial charge is 0.245 e. The van der Waals surface area contributed by atoms with Crippen LogP contribution < -0.4 is 111 Å². The molecule has 11 atom stereocenters. The number of hydrogen-bond acceptors (Lipinski definition) is 18. The minimum atomic E-state index is -1.46. The van der Waals surface area contributed by atoms with Gasteiger partial charge in [-0.15, -0.1) is 0 Å². The summed E-state index contributed by atoms with van der Waals surface area (Å²) in [5.41, 5.74) is 63.5. The Morgan fingerprint density at radius 2 is 0.942 bits per heavy atom. The number of carbonyl (C=O) groups excluding carboxylic acids is 11. The van der Waals surface area contributed by atoms with Gasteiger partial charge in [-0.1, -0.05) is 76.6 Å². The SMILES string of the molecule is CC[C@H](C)[C@H](NC(=O)[C@H](CCCN=C(N)N)NC(=O)[C@H](CCCN=C(N)N)NC(=O)[C@H](CC(C)C)NC(=O)[C@H](Cc1ccccc1)NC(=O)[C@@H](CCCN=C(N)N)NC(=O)CNC(=O)[C@@H](N)Cc1ccc(O)cc1)C(=O)N[C@@H](CCCN=C(N)N)C(=O)N1CCC[C@H]1C(=O)N[C@@H](CCCCN)C(N)=O. The van der Waals surface area contributed by atoms with Gasteiger partial charge >= 0.3 is 0 Å². The van der Waals surface area contributed by atoms with E-state index in [1.165, 1.54) is 17.0 Å². The molecule has 0 aromatic heterocycles. The number of likely N-dealkylation sites (tertiary alicyclic amines) is 1. The predicted octanol–water partition coefficient (Wildman–Crippen LogP) is -5.59. The van der Waals surface area contributed by atoms with Gasteiger partial charge in [-0.05, 0) is 138 Å². The second kappa shape index (κ2) is 46.8. The van der Waals surface area contributed by atoms with Crippen molar-refractivity contribution in [1.82, 2.24) is 52.8 Å². The summed E-state index contributed by atoms with van der Waals surface area (Å²) in [6, 6.07) is 1.78. The minimum Gasteiger partial charge on any atom is -0.508 e. The van der Waals surface area contributed by atoms with E-state index < -0.39 is 138 Å². The number of benzene rings is 2. The molecule has 104 heavy (non-hydrogen) atoms. The van der Waals surface area contributed by atoms with Crippen molar-refractivity contribution < 1.29 is 57.8 Å². The third kappa shape index (κ3) is 33.5. The molecule has 1 aliphatic heterocycles. The number of phenolic OH excluding ortho intramolecular Hbond substituents is 1. The molecule has 11 amide bonds. The first-order valence-electron chi connectivity index (χ1n) is 35.1. The van der Waals surface area contributed by atoms with Crippen LogP contribution >= 0.6 is 0 Å². The molecule has 37 heteroatoms. The van der Waals surface area contributed by atoms with Gasteiger partial charge in [0.2, 0.25) is 65.0 Å². The Hall–Kier alpha value is -10.6. The maximum Gasteiger partial charge on any atom is 0.245 e. The first kappa shape index (κ1) is 87.6. The molecule has 0 saturated carbocycles. The standard InChI is InChI=1S/C67H113N25O12/c1-5-39(4)53(62(103)88-48(22-14-32-82-67(77)78)63(104)92-33-15-23-51(92)61(102)85-44(54(70)95)18-9-10-28-68)91-58(99)47(21-13-31-81-66(75)76)86-57(98)46(20-12-30-80-65(73)74)87-59(100)49(34-38(2)3)89-60(101)50(36-40-16-7-6-8-17-40)90-56(97)45(19-11-29-79-64(71)72)84-52(94)37-83-55(96)43(69)35-41-24-26-42(93)27-25-41/h6-8,16-17,24-27,38-39,43-51,53,93H,5,9-15,18-23,28-37,68-69H2,1-4H3,(H2,70,95)(H,83,96)(H,84,94)(H,85,102)(H,86,98)(H,87,100)(H,88,103)(H,89,101)(H,90,97)(H,91,99)(H4,71,72,79)(H4,73,74,80)(H4,75,76,81)(H4,77,78,82)/t39-,43-,44-,45+,46-,47-,48-,49-,50-,51-,53-/m0/s1. The zero-order chi connectivity index (χ0) is 77.4. The average Bonchev–Trinajstić information content (AvgIpc) is 1.62.